The lowest BCUT2D eigenvalue weighted by atomic mass is 9.78. The zero-order valence-corrected chi connectivity index (χ0v) is 11.5. The molecular formula is C13H15IO. The van der Waals surface area contributed by atoms with Gasteiger partial charge in [-0.15, -0.1) is 0 Å². The molecule has 0 amide bonds. The lowest BCUT2D eigenvalue weighted by Crippen LogP contribution is -2.25. The lowest BCUT2D eigenvalue weighted by Gasteiger charge is -2.25. The van der Waals surface area contributed by atoms with Crippen LogP contribution in [0, 0.1) is 14.9 Å². The van der Waals surface area contributed by atoms with E-state index in [1.807, 2.05) is 12.1 Å². The van der Waals surface area contributed by atoms with Crippen LogP contribution in [0.25, 0.3) is 0 Å². The van der Waals surface area contributed by atoms with E-state index in [9.17, 15) is 4.79 Å². The summed E-state index contributed by atoms with van der Waals surface area (Å²) in [6.07, 6.45) is 0.913. The van der Waals surface area contributed by atoms with Gasteiger partial charge in [-0.2, -0.15) is 0 Å². The molecule has 1 aromatic carbocycles. The van der Waals surface area contributed by atoms with Gasteiger partial charge in [0.2, 0.25) is 0 Å². The molecule has 0 heterocycles. The topological polar surface area (TPSA) is 17.1 Å². The molecule has 1 unspecified atom stereocenters. The fraction of sp³-hybridized carbons (Fsp3) is 0.462. The summed E-state index contributed by atoms with van der Waals surface area (Å²) in [5.74, 6) is 0.486. The number of carbonyl (C=O) groups is 1. The molecule has 2 rings (SSSR count). The first-order valence-corrected chi connectivity index (χ1v) is 6.31. The molecule has 0 saturated heterocycles. The number of halogens is 1. The molecule has 1 atom stereocenters. The van der Waals surface area contributed by atoms with Gasteiger partial charge in [-0.3, -0.25) is 4.79 Å². The minimum absolute atomic E-state index is 0.0686. The van der Waals surface area contributed by atoms with Crippen molar-refractivity contribution in [3.8, 4) is 0 Å². The normalized spacial score (nSPS) is 20.5. The van der Waals surface area contributed by atoms with Crippen molar-refractivity contribution in [1.82, 2.24) is 0 Å². The molecule has 1 aliphatic rings. The lowest BCUT2D eigenvalue weighted by molar-refractivity contribution is 0.0843. The Morgan fingerprint density at radius 2 is 2.00 bits per heavy atom. The first-order chi connectivity index (χ1) is 6.91. The molecule has 0 aromatic heterocycles. The largest absolute Gasteiger partial charge is 0.294 e. The van der Waals surface area contributed by atoms with E-state index in [1.165, 1.54) is 9.13 Å². The summed E-state index contributed by atoms with van der Waals surface area (Å²) < 4.78 is 1.23. The molecular weight excluding hydrogens is 299 g/mol. The van der Waals surface area contributed by atoms with Crippen molar-refractivity contribution in [3.05, 3.63) is 32.9 Å². The average Bonchev–Trinajstić information content (AvgIpc) is 2.45. The Kier molecular flexibility index (Phi) is 2.65. The molecule has 0 radical (unpaired) electrons. The van der Waals surface area contributed by atoms with Crippen molar-refractivity contribution in [2.75, 3.05) is 0 Å². The molecule has 2 heteroatoms. The van der Waals surface area contributed by atoms with Gasteiger partial charge in [0.15, 0.2) is 5.78 Å². The number of Topliss-reactive ketones (excluding diaryl/α,β-unsaturated/α-hetero) is 1. The van der Waals surface area contributed by atoms with Gasteiger partial charge in [-0.25, -0.2) is 0 Å². The molecule has 0 N–H and O–H groups in total. The van der Waals surface area contributed by atoms with Gasteiger partial charge in [-0.1, -0.05) is 32.9 Å². The highest BCUT2D eigenvalue weighted by Crippen LogP contribution is 2.39. The van der Waals surface area contributed by atoms with Gasteiger partial charge < -0.3 is 0 Å². The predicted octanol–water partition coefficient (Wildman–Crippen LogP) is 3.69. The smallest absolute Gasteiger partial charge is 0.167 e. The van der Waals surface area contributed by atoms with Crippen LogP contribution in [-0.2, 0) is 6.42 Å². The second kappa shape index (κ2) is 3.58. The zero-order valence-electron chi connectivity index (χ0n) is 9.30. The van der Waals surface area contributed by atoms with Crippen LogP contribution in [0.1, 0.15) is 36.7 Å². The molecule has 0 spiro atoms. The van der Waals surface area contributed by atoms with Gasteiger partial charge in [0.05, 0.1) is 0 Å². The number of ketones is 1. The Bertz CT molecular complexity index is 415. The Balaban J connectivity index is 2.46. The van der Waals surface area contributed by atoms with E-state index in [0.29, 0.717) is 5.78 Å². The second-order valence-corrected chi connectivity index (χ2v) is 6.42. The molecule has 0 bridgehead atoms. The number of fused-ring (bicyclic) bond motifs is 1. The van der Waals surface area contributed by atoms with E-state index >= 15 is 0 Å². The van der Waals surface area contributed by atoms with E-state index in [4.69, 9.17) is 0 Å². The molecule has 1 nitrogen and oxygen atoms in total. The molecule has 15 heavy (non-hydrogen) atoms. The zero-order chi connectivity index (χ0) is 11.2. The highest BCUT2D eigenvalue weighted by atomic mass is 127. The Morgan fingerprint density at radius 1 is 1.33 bits per heavy atom. The van der Waals surface area contributed by atoms with Crippen molar-refractivity contribution in [1.29, 1.82) is 0 Å². The van der Waals surface area contributed by atoms with Crippen molar-refractivity contribution < 1.29 is 4.79 Å². The van der Waals surface area contributed by atoms with Crippen molar-refractivity contribution >= 4 is 28.4 Å². The number of rotatable bonds is 0. The SMILES string of the molecule is CC(C)(C)C1Cc2c(I)cccc2C1=O. The maximum atomic E-state index is 12.2. The minimum atomic E-state index is 0.0686. The summed E-state index contributed by atoms with van der Waals surface area (Å²) in [5.41, 5.74) is 2.27. The third kappa shape index (κ3) is 1.84. The van der Waals surface area contributed by atoms with Crippen LogP contribution in [0.2, 0.25) is 0 Å². The van der Waals surface area contributed by atoms with E-state index in [2.05, 4.69) is 49.4 Å². The minimum Gasteiger partial charge on any atom is -0.294 e. The van der Waals surface area contributed by atoms with Crippen LogP contribution < -0.4 is 0 Å². The highest BCUT2D eigenvalue weighted by molar-refractivity contribution is 14.1. The third-order valence-electron chi connectivity index (χ3n) is 3.15. The van der Waals surface area contributed by atoms with Crippen LogP contribution >= 0.6 is 22.6 Å². The quantitative estimate of drug-likeness (QED) is 0.668. The fourth-order valence-corrected chi connectivity index (χ4v) is 2.90. The Morgan fingerprint density at radius 3 is 2.53 bits per heavy atom. The van der Waals surface area contributed by atoms with Gasteiger partial charge in [0.1, 0.15) is 0 Å². The summed E-state index contributed by atoms with van der Waals surface area (Å²) in [5, 5.41) is 0. The maximum absolute atomic E-state index is 12.2. The maximum Gasteiger partial charge on any atom is 0.167 e. The number of hydrogen-bond donors (Lipinski definition) is 0. The second-order valence-electron chi connectivity index (χ2n) is 5.25. The number of benzene rings is 1. The highest BCUT2D eigenvalue weighted by Gasteiger charge is 2.38. The Hall–Kier alpha value is -0.380. The molecule has 0 aliphatic heterocycles. The predicted molar refractivity (Wildman–Crippen MR) is 70.1 cm³/mol. The van der Waals surface area contributed by atoms with Crippen LogP contribution in [0.3, 0.4) is 0 Å². The first-order valence-electron chi connectivity index (χ1n) is 5.23. The average molecular weight is 314 g/mol. The van der Waals surface area contributed by atoms with Crippen molar-refractivity contribution in [2.24, 2.45) is 11.3 Å². The first kappa shape index (κ1) is 11.1. The summed E-state index contributed by atoms with van der Waals surface area (Å²) in [4.78, 5) is 12.2. The molecule has 0 saturated carbocycles. The summed E-state index contributed by atoms with van der Waals surface area (Å²) >= 11 is 2.32. The summed E-state index contributed by atoms with van der Waals surface area (Å²) in [6, 6.07) is 6.02. The van der Waals surface area contributed by atoms with Gasteiger partial charge in [-0.05, 0) is 46.1 Å². The van der Waals surface area contributed by atoms with Crippen LogP contribution in [0.15, 0.2) is 18.2 Å². The monoisotopic (exact) mass is 314 g/mol. The molecule has 80 valence electrons. The van der Waals surface area contributed by atoms with Gasteiger partial charge in [0.25, 0.3) is 0 Å². The molecule has 0 fully saturated rings. The van der Waals surface area contributed by atoms with Crippen LogP contribution in [0.4, 0.5) is 0 Å². The fourth-order valence-electron chi connectivity index (χ4n) is 2.18. The van der Waals surface area contributed by atoms with E-state index in [-0.39, 0.29) is 11.3 Å². The van der Waals surface area contributed by atoms with E-state index < -0.39 is 0 Å². The van der Waals surface area contributed by atoms with E-state index in [1.54, 1.807) is 0 Å². The number of carbonyl (C=O) groups excluding carboxylic acids is 1. The molecule has 1 aliphatic carbocycles. The third-order valence-corrected chi connectivity index (χ3v) is 4.17. The van der Waals surface area contributed by atoms with Crippen LogP contribution in [0.5, 0.6) is 0 Å². The van der Waals surface area contributed by atoms with Crippen LogP contribution in [-0.4, -0.2) is 5.78 Å². The van der Waals surface area contributed by atoms with Crippen molar-refractivity contribution in [3.63, 3.8) is 0 Å². The Labute approximate surface area is 104 Å². The summed E-state index contributed by atoms with van der Waals surface area (Å²) in [7, 11) is 0. The summed E-state index contributed by atoms with van der Waals surface area (Å²) in [6.45, 7) is 6.44. The standard InChI is InChI=1S/C13H15IO/c1-13(2,3)10-7-9-8(12(10)15)5-4-6-11(9)14/h4-6,10H,7H2,1-3H3. The van der Waals surface area contributed by atoms with Gasteiger partial charge >= 0.3 is 0 Å². The van der Waals surface area contributed by atoms with Gasteiger partial charge in [0, 0.05) is 15.1 Å². The molecule has 1 aromatic rings. The van der Waals surface area contributed by atoms with Crippen molar-refractivity contribution in [2.45, 2.75) is 27.2 Å². The van der Waals surface area contributed by atoms with E-state index in [0.717, 1.165) is 12.0 Å². The number of hydrogen-bond acceptors (Lipinski definition) is 1.